The fraction of sp³-hybridized carbons (Fsp3) is 0.182. The lowest BCUT2D eigenvalue weighted by molar-refractivity contribution is -0.109. The first-order valence-electron chi connectivity index (χ1n) is 4.37. The number of hydrogen-bond donors (Lipinski definition) is 1. The summed E-state index contributed by atoms with van der Waals surface area (Å²) in [7, 11) is 0. The van der Waals surface area contributed by atoms with Crippen molar-refractivity contribution in [3.8, 4) is 11.8 Å². The third kappa shape index (κ3) is 3.55. The van der Waals surface area contributed by atoms with E-state index in [0.717, 1.165) is 23.9 Å². The van der Waals surface area contributed by atoms with Gasteiger partial charge in [-0.05, 0) is 6.07 Å². The summed E-state index contributed by atoms with van der Waals surface area (Å²) in [5.41, 5.74) is 5.76. The molecular weight excluding hydrogens is 232 g/mol. The van der Waals surface area contributed by atoms with E-state index >= 15 is 0 Å². The highest BCUT2D eigenvalue weighted by Gasteiger charge is 2.05. The van der Waals surface area contributed by atoms with E-state index in [1.54, 1.807) is 0 Å². The first-order chi connectivity index (χ1) is 7.50. The van der Waals surface area contributed by atoms with Crippen LogP contribution in [-0.2, 0) is 4.79 Å². The van der Waals surface area contributed by atoms with Crippen molar-refractivity contribution in [2.45, 2.75) is 6.92 Å². The van der Waals surface area contributed by atoms with Crippen LogP contribution in [0.4, 0.5) is 14.5 Å². The number of nitrogen functional groups attached to an aromatic ring is 1. The van der Waals surface area contributed by atoms with E-state index in [1.165, 1.54) is 6.92 Å². The average Bonchev–Trinajstić information content (AvgIpc) is 2.19. The van der Waals surface area contributed by atoms with Gasteiger partial charge >= 0.3 is 0 Å². The van der Waals surface area contributed by atoms with Crippen LogP contribution in [0.15, 0.2) is 12.1 Å². The Morgan fingerprint density at radius 3 is 2.69 bits per heavy atom. The second-order valence-electron chi connectivity index (χ2n) is 2.94. The van der Waals surface area contributed by atoms with Crippen LogP contribution in [0.3, 0.4) is 0 Å². The van der Waals surface area contributed by atoms with E-state index in [4.69, 9.17) is 5.73 Å². The van der Waals surface area contributed by atoms with Gasteiger partial charge in [0.2, 0.25) is 0 Å². The first-order valence-corrected chi connectivity index (χ1v) is 5.36. The van der Waals surface area contributed by atoms with Crippen molar-refractivity contribution >= 4 is 22.6 Å². The molecule has 0 amide bonds. The normalized spacial score (nSPS) is 9.44. The molecule has 0 bridgehead atoms. The fourth-order valence-electron chi connectivity index (χ4n) is 0.939. The van der Waals surface area contributed by atoms with Gasteiger partial charge in [-0.2, -0.15) is 0 Å². The maximum absolute atomic E-state index is 12.8. The minimum absolute atomic E-state index is 0.0486. The molecule has 0 saturated carbocycles. The van der Waals surface area contributed by atoms with Gasteiger partial charge in [0.05, 0.1) is 17.0 Å². The smallest absolute Gasteiger partial charge is 0.186 e. The molecule has 84 valence electrons. The van der Waals surface area contributed by atoms with Gasteiger partial charge in [-0.1, -0.05) is 23.6 Å². The van der Waals surface area contributed by atoms with Crippen molar-refractivity contribution in [3.05, 3.63) is 29.3 Å². The van der Waals surface area contributed by atoms with Crippen LogP contribution in [0.2, 0.25) is 0 Å². The number of thioether (sulfide) groups is 1. The van der Waals surface area contributed by atoms with Gasteiger partial charge in [0, 0.05) is 13.0 Å². The molecule has 2 N–H and O–H groups in total. The van der Waals surface area contributed by atoms with Crippen molar-refractivity contribution in [1.82, 2.24) is 0 Å². The maximum atomic E-state index is 12.8. The number of carbonyl (C=O) groups excluding carboxylic acids is 1. The molecule has 0 fully saturated rings. The van der Waals surface area contributed by atoms with Gasteiger partial charge in [0.15, 0.2) is 16.7 Å². The Morgan fingerprint density at radius 1 is 1.44 bits per heavy atom. The molecule has 0 radical (unpaired) electrons. The van der Waals surface area contributed by atoms with Crippen molar-refractivity contribution < 1.29 is 13.6 Å². The van der Waals surface area contributed by atoms with Gasteiger partial charge in [0.25, 0.3) is 0 Å². The largest absolute Gasteiger partial charge is 0.398 e. The van der Waals surface area contributed by atoms with E-state index in [-0.39, 0.29) is 16.4 Å². The van der Waals surface area contributed by atoms with Gasteiger partial charge in [-0.15, -0.1) is 0 Å². The zero-order valence-corrected chi connectivity index (χ0v) is 9.33. The third-order valence-corrected chi connectivity index (χ3v) is 2.36. The van der Waals surface area contributed by atoms with Crippen molar-refractivity contribution in [2.24, 2.45) is 0 Å². The Hall–Kier alpha value is -1.54. The number of benzene rings is 1. The van der Waals surface area contributed by atoms with Crippen molar-refractivity contribution in [2.75, 3.05) is 11.5 Å². The van der Waals surface area contributed by atoms with Gasteiger partial charge in [-0.3, -0.25) is 4.79 Å². The molecule has 2 nitrogen and oxygen atoms in total. The predicted octanol–water partition coefficient (Wildman–Crippen LogP) is 2.18. The minimum atomic E-state index is -0.999. The van der Waals surface area contributed by atoms with Crippen LogP contribution < -0.4 is 5.73 Å². The second-order valence-corrected chi connectivity index (χ2v) is 4.09. The fourth-order valence-corrected chi connectivity index (χ4v) is 1.29. The molecule has 0 aromatic heterocycles. The highest BCUT2D eigenvalue weighted by molar-refractivity contribution is 8.13. The van der Waals surface area contributed by atoms with E-state index < -0.39 is 11.6 Å². The van der Waals surface area contributed by atoms with Crippen LogP contribution in [0, 0.1) is 23.5 Å². The lowest BCUT2D eigenvalue weighted by atomic mass is 10.2. The molecule has 0 atom stereocenters. The van der Waals surface area contributed by atoms with Gasteiger partial charge in [-0.25, -0.2) is 8.78 Å². The summed E-state index contributed by atoms with van der Waals surface area (Å²) < 4.78 is 25.5. The number of nitrogens with two attached hydrogens (primary N) is 1. The van der Waals surface area contributed by atoms with E-state index in [1.807, 2.05) is 0 Å². The Morgan fingerprint density at radius 2 is 2.06 bits per heavy atom. The van der Waals surface area contributed by atoms with Crippen LogP contribution >= 0.6 is 11.8 Å². The third-order valence-electron chi connectivity index (χ3n) is 1.66. The lowest BCUT2D eigenvalue weighted by Crippen LogP contribution is -1.95. The summed E-state index contributed by atoms with van der Waals surface area (Å²) in [6.07, 6.45) is 0. The monoisotopic (exact) mass is 241 g/mol. The number of hydrogen-bond acceptors (Lipinski definition) is 3. The molecule has 0 spiro atoms. The summed E-state index contributed by atoms with van der Waals surface area (Å²) in [5.74, 6) is 3.54. The molecule has 0 aliphatic rings. The minimum Gasteiger partial charge on any atom is -0.398 e. The molecule has 1 aromatic carbocycles. The zero-order valence-electron chi connectivity index (χ0n) is 8.51. The molecule has 0 heterocycles. The number of halogens is 2. The first kappa shape index (κ1) is 12.5. The van der Waals surface area contributed by atoms with Crippen LogP contribution in [0.1, 0.15) is 12.5 Å². The SMILES string of the molecule is CC(=O)SCC#Cc1cc(F)c(F)cc1N. The number of carbonyl (C=O) groups is 1. The average molecular weight is 241 g/mol. The van der Waals surface area contributed by atoms with Crippen molar-refractivity contribution in [3.63, 3.8) is 0 Å². The topological polar surface area (TPSA) is 43.1 Å². The molecule has 0 aliphatic carbocycles. The summed E-state index contributed by atoms with van der Waals surface area (Å²) in [5, 5.41) is -0.0486. The zero-order chi connectivity index (χ0) is 12.1. The standard InChI is InChI=1S/C11H9F2NOS/c1-7(15)16-4-2-3-8-5-9(12)10(13)6-11(8)14/h5-6H,4,14H2,1H3. The highest BCUT2D eigenvalue weighted by Crippen LogP contribution is 2.15. The van der Waals surface area contributed by atoms with E-state index in [9.17, 15) is 13.6 Å². The molecule has 0 unspecified atom stereocenters. The molecule has 1 rings (SSSR count). The molecule has 16 heavy (non-hydrogen) atoms. The molecule has 0 saturated heterocycles. The summed E-state index contributed by atoms with van der Waals surface area (Å²) in [4.78, 5) is 10.6. The van der Waals surface area contributed by atoms with E-state index in [2.05, 4.69) is 11.8 Å². The molecule has 1 aromatic rings. The summed E-state index contributed by atoms with van der Waals surface area (Å²) in [6, 6.07) is 1.83. The predicted molar refractivity (Wildman–Crippen MR) is 60.8 cm³/mol. The lowest BCUT2D eigenvalue weighted by Gasteiger charge is -1.99. The summed E-state index contributed by atoms with van der Waals surface area (Å²) >= 11 is 1.04. The molecule has 0 aliphatic heterocycles. The van der Waals surface area contributed by atoms with Crippen LogP contribution in [0.25, 0.3) is 0 Å². The Bertz CT molecular complexity index is 477. The number of rotatable bonds is 1. The maximum Gasteiger partial charge on any atom is 0.186 e. The van der Waals surface area contributed by atoms with Crippen LogP contribution in [0.5, 0.6) is 0 Å². The quantitative estimate of drug-likeness (QED) is 0.605. The van der Waals surface area contributed by atoms with Gasteiger partial charge < -0.3 is 5.73 Å². The Kier molecular flexibility index (Phi) is 4.32. The second kappa shape index (κ2) is 5.52. The molecular formula is C11H9F2NOS. The Labute approximate surface area is 96.2 Å². The molecule has 5 heteroatoms. The number of anilines is 1. The Balaban J connectivity index is 2.81. The van der Waals surface area contributed by atoms with Crippen molar-refractivity contribution in [1.29, 1.82) is 0 Å². The van der Waals surface area contributed by atoms with Gasteiger partial charge in [0.1, 0.15) is 0 Å². The van der Waals surface area contributed by atoms with Crippen LogP contribution in [-0.4, -0.2) is 10.9 Å². The summed E-state index contributed by atoms with van der Waals surface area (Å²) in [6.45, 7) is 1.43. The van der Waals surface area contributed by atoms with E-state index in [0.29, 0.717) is 5.75 Å². The highest BCUT2D eigenvalue weighted by atomic mass is 32.2.